The van der Waals surface area contributed by atoms with Crippen molar-refractivity contribution in [1.82, 2.24) is 0 Å². The van der Waals surface area contributed by atoms with E-state index in [1.807, 2.05) is 6.92 Å². The van der Waals surface area contributed by atoms with Gasteiger partial charge in [0, 0.05) is 5.92 Å². The molecule has 5 atom stereocenters. The first-order valence-electron chi connectivity index (χ1n) is 6.57. The van der Waals surface area contributed by atoms with E-state index in [9.17, 15) is 4.79 Å². The Morgan fingerprint density at radius 1 is 1.53 bits per heavy atom. The largest absolute Gasteiger partial charge is 0.462 e. The average molecular weight is 232 g/mol. The maximum absolute atomic E-state index is 11.7. The van der Waals surface area contributed by atoms with E-state index in [1.165, 1.54) is 5.57 Å². The molecule has 0 radical (unpaired) electrons. The molecule has 1 unspecified atom stereocenters. The number of fused-ring (bicyclic) bond motifs is 2. The van der Waals surface area contributed by atoms with Crippen LogP contribution < -0.4 is 0 Å². The minimum atomic E-state index is -0.00293. The van der Waals surface area contributed by atoms with Gasteiger partial charge in [0.25, 0.3) is 0 Å². The van der Waals surface area contributed by atoms with E-state index in [0.717, 1.165) is 19.3 Å². The summed E-state index contributed by atoms with van der Waals surface area (Å²) < 4.78 is 5.52. The smallest absolute Gasteiger partial charge is 0.309 e. The van der Waals surface area contributed by atoms with Gasteiger partial charge >= 0.3 is 5.97 Å². The molecule has 2 nitrogen and oxygen atoms in total. The van der Waals surface area contributed by atoms with Crippen molar-refractivity contribution in [3.63, 3.8) is 0 Å². The van der Waals surface area contributed by atoms with E-state index in [0.29, 0.717) is 11.8 Å². The maximum Gasteiger partial charge on any atom is 0.309 e. The molecule has 2 heteroatoms. The first kappa shape index (κ1) is 11.1. The lowest BCUT2D eigenvalue weighted by Gasteiger charge is -2.47. The Morgan fingerprint density at radius 2 is 2.29 bits per heavy atom. The normalized spacial score (nSPS) is 48.6. The molecule has 2 aliphatic carbocycles. The highest BCUT2D eigenvalue weighted by Gasteiger charge is 2.52. The molecule has 3 rings (SSSR count). The van der Waals surface area contributed by atoms with Crippen LogP contribution in [-0.4, -0.2) is 12.1 Å². The van der Waals surface area contributed by atoms with Crippen molar-refractivity contribution in [3.05, 3.63) is 24.3 Å². The number of allylic oxidation sites excluding steroid dienone is 3. The number of esters is 1. The Kier molecular flexibility index (Phi) is 2.26. The summed E-state index contributed by atoms with van der Waals surface area (Å²) in [5.74, 6) is 1.01. The first-order valence-corrected chi connectivity index (χ1v) is 6.57. The Hall–Kier alpha value is -1.05. The molecule has 17 heavy (non-hydrogen) atoms. The summed E-state index contributed by atoms with van der Waals surface area (Å²) in [6.07, 6.45) is 7.71. The fraction of sp³-hybridized carbons (Fsp3) is 0.667. The third-order valence-electron chi connectivity index (χ3n) is 5.08. The standard InChI is InChI=1S/C15H20O2/c1-9-5-4-6-15(3)8-13-11(7-12(9)15)10(2)14(16)17-13/h4,6,10-13H,1,5,7-8H2,2-3H3/t10-,11-,12?,13-,15+/m1/s1. The van der Waals surface area contributed by atoms with Gasteiger partial charge in [0.05, 0.1) is 5.92 Å². The van der Waals surface area contributed by atoms with E-state index in [4.69, 9.17) is 4.74 Å². The van der Waals surface area contributed by atoms with Gasteiger partial charge in [-0.3, -0.25) is 4.79 Å². The summed E-state index contributed by atoms with van der Waals surface area (Å²) in [5.41, 5.74) is 1.49. The quantitative estimate of drug-likeness (QED) is 0.474. The molecule has 3 aliphatic rings. The van der Waals surface area contributed by atoms with Crippen molar-refractivity contribution < 1.29 is 9.53 Å². The molecular formula is C15H20O2. The minimum absolute atomic E-state index is 0.00293. The van der Waals surface area contributed by atoms with Crippen LogP contribution in [-0.2, 0) is 9.53 Å². The summed E-state index contributed by atoms with van der Waals surface area (Å²) in [5, 5.41) is 0. The molecule has 0 amide bonds. The third kappa shape index (κ3) is 1.50. The Bertz CT molecular complexity index is 409. The number of rotatable bonds is 0. The fourth-order valence-corrected chi connectivity index (χ4v) is 3.95. The van der Waals surface area contributed by atoms with Gasteiger partial charge in [-0.15, -0.1) is 0 Å². The molecule has 0 bridgehead atoms. The van der Waals surface area contributed by atoms with Gasteiger partial charge < -0.3 is 4.74 Å². The lowest BCUT2D eigenvalue weighted by Crippen LogP contribution is -2.42. The maximum atomic E-state index is 11.7. The minimum Gasteiger partial charge on any atom is -0.462 e. The van der Waals surface area contributed by atoms with Crippen LogP contribution in [0.2, 0.25) is 0 Å². The van der Waals surface area contributed by atoms with E-state index in [-0.39, 0.29) is 23.4 Å². The molecule has 1 saturated heterocycles. The highest BCUT2D eigenvalue weighted by molar-refractivity contribution is 5.75. The first-order chi connectivity index (χ1) is 8.01. The molecule has 1 aliphatic heterocycles. The summed E-state index contributed by atoms with van der Waals surface area (Å²) in [6, 6.07) is 0. The van der Waals surface area contributed by atoms with Gasteiger partial charge in [0.15, 0.2) is 0 Å². The van der Waals surface area contributed by atoms with Gasteiger partial charge in [-0.2, -0.15) is 0 Å². The van der Waals surface area contributed by atoms with Crippen LogP contribution in [0.1, 0.15) is 33.1 Å². The lowest BCUT2D eigenvalue weighted by atomic mass is 9.57. The fourth-order valence-electron chi connectivity index (χ4n) is 3.95. The second kappa shape index (κ2) is 3.47. The van der Waals surface area contributed by atoms with Crippen LogP contribution in [0.15, 0.2) is 24.3 Å². The van der Waals surface area contributed by atoms with Crippen molar-refractivity contribution in [2.45, 2.75) is 39.2 Å². The summed E-state index contributed by atoms with van der Waals surface area (Å²) >= 11 is 0. The highest BCUT2D eigenvalue weighted by Crippen LogP contribution is 2.54. The van der Waals surface area contributed by atoms with Crippen molar-refractivity contribution in [2.75, 3.05) is 0 Å². The molecule has 1 heterocycles. The number of hydrogen-bond donors (Lipinski definition) is 0. The molecular weight excluding hydrogens is 212 g/mol. The summed E-state index contributed by atoms with van der Waals surface area (Å²) in [7, 11) is 0. The number of ether oxygens (including phenoxy) is 1. The molecule has 0 N–H and O–H groups in total. The van der Waals surface area contributed by atoms with E-state index in [1.54, 1.807) is 0 Å². The van der Waals surface area contributed by atoms with Crippen LogP contribution in [0.4, 0.5) is 0 Å². The number of carbonyl (C=O) groups is 1. The second-order valence-electron chi connectivity index (χ2n) is 6.19. The molecule has 0 aromatic heterocycles. The van der Waals surface area contributed by atoms with Gasteiger partial charge in [-0.25, -0.2) is 0 Å². The van der Waals surface area contributed by atoms with Crippen LogP contribution >= 0.6 is 0 Å². The molecule has 92 valence electrons. The van der Waals surface area contributed by atoms with Crippen molar-refractivity contribution in [2.24, 2.45) is 23.2 Å². The van der Waals surface area contributed by atoms with Crippen LogP contribution in [0.5, 0.6) is 0 Å². The molecule has 1 saturated carbocycles. The lowest BCUT2D eigenvalue weighted by molar-refractivity contribution is -0.145. The Balaban J connectivity index is 1.93. The zero-order valence-corrected chi connectivity index (χ0v) is 10.6. The van der Waals surface area contributed by atoms with Crippen molar-refractivity contribution in [1.29, 1.82) is 0 Å². The highest BCUT2D eigenvalue weighted by atomic mass is 16.6. The van der Waals surface area contributed by atoms with Gasteiger partial charge in [0.2, 0.25) is 0 Å². The van der Waals surface area contributed by atoms with Crippen molar-refractivity contribution >= 4 is 5.97 Å². The Labute approximate surface area is 103 Å². The topological polar surface area (TPSA) is 26.3 Å². The van der Waals surface area contributed by atoms with Crippen LogP contribution in [0, 0.1) is 23.2 Å². The van der Waals surface area contributed by atoms with E-state index >= 15 is 0 Å². The van der Waals surface area contributed by atoms with Gasteiger partial charge in [-0.1, -0.05) is 38.2 Å². The predicted octanol–water partition coefficient (Wildman–Crippen LogP) is 3.10. The molecule has 0 aromatic carbocycles. The number of carbonyl (C=O) groups excluding carboxylic acids is 1. The number of hydrogen-bond acceptors (Lipinski definition) is 2. The van der Waals surface area contributed by atoms with Crippen molar-refractivity contribution in [3.8, 4) is 0 Å². The molecule has 0 aromatic rings. The average Bonchev–Trinajstić information content (AvgIpc) is 2.52. The van der Waals surface area contributed by atoms with E-state index in [2.05, 4.69) is 25.7 Å². The molecule has 2 fully saturated rings. The zero-order chi connectivity index (χ0) is 12.2. The second-order valence-corrected chi connectivity index (χ2v) is 6.19. The van der Waals surface area contributed by atoms with Gasteiger partial charge in [-0.05, 0) is 30.6 Å². The van der Waals surface area contributed by atoms with Crippen LogP contribution in [0.3, 0.4) is 0 Å². The SMILES string of the molecule is C=C1CC=C[C@@]2(C)C[C@H]3OC(=O)[C@H](C)[C@H]3CC12. The summed E-state index contributed by atoms with van der Waals surface area (Å²) in [6.45, 7) is 8.52. The Morgan fingerprint density at radius 3 is 3.06 bits per heavy atom. The molecule has 0 spiro atoms. The monoisotopic (exact) mass is 232 g/mol. The third-order valence-corrected chi connectivity index (χ3v) is 5.08. The summed E-state index contributed by atoms with van der Waals surface area (Å²) in [4.78, 5) is 11.7. The van der Waals surface area contributed by atoms with Crippen LogP contribution in [0.25, 0.3) is 0 Å². The predicted molar refractivity (Wildman–Crippen MR) is 66.3 cm³/mol. The van der Waals surface area contributed by atoms with E-state index < -0.39 is 0 Å². The van der Waals surface area contributed by atoms with Gasteiger partial charge in [0.1, 0.15) is 6.10 Å². The zero-order valence-electron chi connectivity index (χ0n) is 10.6.